The molecule has 1 aliphatic heterocycles. The Labute approximate surface area is 184 Å². The number of aliphatic hydroxyl groups is 1. The van der Waals surface area contributed by atoms with Gasteiger partial charge in [-0.3, -0.25) is 14.3 Å². The number of nitrogens with zero attached hydrogens (tertiary/aromatic N) is 5. The van der Waals surface area contributed by atoms with Crippen molar-refractivity contribution < 1.29 is 19.1 Å². The lowest BCUT2D eigenvalue weighted by atomic mass is 10.3. The largest absolute Gasteiger partial charge is 0.497 e. The maximum atomic E-state index is 12.7. The number of methoxy groups -OCH3 is 1. The van der Waals surface area contributed by atoms with Crippen LogP contribution in [-0.2, 0) is 4.79 Å². The van der Waals surface area contributed by atoms with Crippen molar-refractivity contribution >= 4 is 17.7 Å². The van der Waals surface area contributed by atoms with E-state index in [1.807, 2.05) is 39.8 Å². The van der Waals surface area contributed by atoms with E-state index < -0.39 is 0 Å². The number of aliphatic hydroxyl groups excluding tert-OH is 1. The second-order valence-corrected chi connectivity index (χ2v) is 7.99. The fraction of sp³-hybridized carbons (Fsp3) is 0.381. The first-order chi connectivity index (χ1) is 15.2. The van der Waals surface area contributed by atoms with Crippen molar-refractivity contribution in [3.8, 4) is 23.0 Å². The summed E-state index contributed by atoms with van der Waals surface area (Å²) >= 11 is 1.35. The molecule has 0 aliphatic carbocycles. The number of ether oxygens (including phenoxy) is 1. The molecule has 1 fully saturated rings. The molecule has 2 aromatic heterocycles. The number of benzene rings is 1. The molecule has 1 N–H and O–H groups in total. The number of carbonyl (C=O) groups is 1. The molecule has 164 valence electrons. The predicted octanol–water partition coefficient (Wildman–Crippen LogP) is 1.76. The molecule has 4 rings (SSSR count). The van der Waals surface area contributed by atoms with Crippen molar-refractivity contribution in [2.45, 2.75) is 5.16 Å². The lowest BCUT2D eigenvalue weighted by molar-refractivity contribution is -0.130. The average Bonchev–Trinajstić information content (AvgIpc) is 3.48. The molecule has 0 atom stereocenters. The quantitative estimate of drug-likeness (QED) is 0.526. The van der Waals surface area contributed by atoms with Crippen LogP contribution in [0.25, 0.3) is 17.3 Å². The molecule has 0 bridgehead atoms. The molecule has 1 aromatic carbocycles. The highest BCUT2D eigenvalue weighted by molar-refractivity contribution is 7.99. The zero-order valence-electron chi connectivity index (χ0n) is 17.3. The van der Waals surface area contributed by atoms with Gasteiger partial charge in [-0.2, -0.15) is 0 Å². The molecule has 1 amide bonds. The summed E-state index contributed by atoms with van der Waals surface area (Å²) in [6.07, 6.45) is 1.59. The minimum Gasteiger partial charge on any atom is -0.497 e. The van der Waals surface area contributed by atoms with Crippen LogP contribution < -0.4 is 4.74 Å². The molecular weight excluding hydrogens is 418 g/mol. The molecule has 0 radical (unpaired) electrons. The molecule has 3 heterocycles. The molecule has 3 aromatic rings. The molecule has 10 heteroatoms. The second-order valence-electron chi connectivity index (χ2n) is 7.05. The van der Waals surface area contributed by atoms with Crippen LogP contribution in [0, 0.1) is 0 Å². The van der Waals surface area contributed by atoms with Gasteiger partial charge in [-0.05, 0) is 36.4 Å². The molecule has 0 spiro atoms. The summed E-state index contributed by atoms with van der Waals surface area (Å²) in [6.45, 7) is 3.69. The summed E-state index contributed by atoms with van der Waals surface area (Å²) in [5, 5.41) is 18.3. The Kier molecular flexibility index (Phi) is 6.90. The Morgan fingerprint density at radius 1 is 1.16 bits per heavy atom. The van der Waals surface area contributed by atoms with E-state index in [1.54, 1.807) is 19.4 Å². The lowest BCUT2D eigenvalue weighted by Gasteiger charge is -2.34. The Balaban J connectivity index is 1.50. The normalized spacial score (nSPS) is 14.7. The topological polar surface area (TPSA) is 96.9 Å². The van der Waals surface area contributed by atoms with Crippen molar-refractivity contribution in [3.63, 3.8) is 0 Å². The van der Waals surface area contributed by atoms with E-state index in [0.29, 0.717) is 36.4 Å². The number of furan rings is 1. The average molecular weight is 444 g/mol. The van der Waals surface area contributed by atoms with Gasteiger partial charge in [0.2, 0.25) is 11.7 Å². The van der Waals surface area contributed by atoms with E-state index in [9.17, 15) is 4.79 Å². The number of hydrogen-bond acceptors (Lipinski definition) is 8. The fourth-order valence-corrected chi connectivity index (χ4v) is 4.33. The highest BCUT2D eigenvalue weighted by Gasteiger charge is 2.23. The number of rotatable bonds is 8. The summed E-state index contributed by atoms with van der Waals surface area (Å²) in [7, 11) is 1.62. The van der Waals surface area contributed by atoms with Gasteiger partial charge in [0.15, 0.2) is 10.9 Å². The Morgan fingerprint density at radius 3 is 2.58 bits per heavy atom. The number of carbonyl (C=O) groups excluding carboxylic acids is 1. The van der Waals surface area contributed by atoms with Gasteiger partial charge in [0.05, 0.1) is 31.4 Å². The van der Waals surface area contributed by atoms with Crippen LogP contribution in [0.4, 0.5) is 0 Å². The van der Waals surface area contributed by atoms with Gasteiger partial charge < -0.3 is 19.2 Å². The van der Waals surface area contributed by atoms with Crippen LogP contribution in [0.3, 0.4) is 0 Å². The third-order valence-electron chi connectivity index (χ3n) is 5.17. The van der Waals surface area contributed by atoms with E-state index in [0.717, 1.165) is 24.5 Å². The van der Waals surface area contributed by atoms with Crippen LogP contribution >= 0.6 is 11.8 Å². The first-order valence-electron chi connectivity index (χ1n) is 10.1. The first-order valence-corrected chi connectivity index (χ1v) is 11.1. The van der Waals surface area contributed by atoms with Crippen molar-refractivity contribution in [1.29, 1.82) is 0 Å². The molecule has 9 nitrogen and oxygen atoms in total. The molecule has 0 unspecified atom stereocenters. The molecule has 0 saturated carbocycles. The highest BCUT2D eigenvalue weighted by Crippen LogP contribution is 2.29. The standard InChI is InChI=1S/C21H25N5O4S/c1-29-17-6-4-16(5-7-17)26-20(18-3-2-14-30-18)22-23-21(26)31-15-19(28)25-10-8-24(9-11-25)12-13-27/h2-7,14,27H,8-13,15H2,1H3. The second kappa shape index (κ2) is 9.99. The van der Waals surface area contributed by atoms with Gasteiger partial charge in [-0.1, -0.05) is 11.8 Å². The third kappa shape index (κ3) is 4.92. The van der Waals surface area contributed by atoms with Gasteiger partial charge in [0, 0.05) is 32.7 Å². The minimum absolute atomic E-state index is 0.0671. The Bertz CT molecular complexity index is 982. The van der Waals surface area contributed by atoms with E-state index in [2.05, 4.69) is 15.1 Å². The number of β-amino-alcohol motifs (C(OH)–C–C–N with tert-alkyl or cyclic N) is 1. The smallest absolute Gasteiger partial charge is 0.233 e. The zero-order chi connectivity index (χ0) is 21.6. The van der Waals surface area contributed by atoms with Crippen LogP contribution in [0.2, 0.25) is 0 Å². The molecular formula is C21H25N5O4S. The van der Waals surface area contributed by atoms with Gasteiger partial charge in [0.1, 0.15) is 5.75 Å². The van der Waals surface area contributed by atoms with Crippen molar-refractivity contribution in [2.75, 3.05) is 52.2 Å². The van der Waals surface area contributed by atoms with Gasteiger partial charge in [-0.25, -0.2) is 0 Å². The summed E-state index contributed by atoms with van der Waals surface area (Å²) in [5.41, 5.74) is 0.852. The monoisotopic (exact) mass is 443 g/mol. The van der Waals surface area contributed by atoms with Gasteiger partial charge in [0.25, 0.3) is 0 Å². The van der Waals surface area contributed by atoms with E-state index >= 15 is 0 Å². The number of piperazine rings is 1. The van der Waals surface area contributed by atoms with Crippen LogP contribution in [0.5, 0.6) is 5.75 Å². The minimum atomic E-state index is 0.0671. The summed E-state index contributed by atoms with van der Waals surface area (Å²) < 4.78 is 12.7. The van der Waals surface area contributed by atoms with E-state index in [1.165, 1.54) is 11.8 Å². The molecule has 1 saturated heterocycles. The summed E-state index contributed by atoms with van der Waals surface area (Å²) in [5.74, 6) is 2.26. The van der Waals surface area contributed by atoms with Crippen LogP contribution in [-0.4, -0.2) is 87.8 Å². The Morgan fingerprint density at radius 2 is 1.94 bits per heavy atom. The zero-order valence-corrected chi connectivity index (χ0v) is 18.1. The molecule has 31 heavy (non-hydrogen) atoms. The van der Waals surface area contributed by atoms with Gasteiger partial charge in [-0.15, -0.1) is 10.2 Å². The van der Waals surface area contributed by atoms with Crippen molar-refractivity contribution in [3.05, 3.63) is 42.7 Å². The van der Waals surface area contributed by atoms with E-state index in [-0.39, 0.29) is 18.3 Å². The summed E-state index contributed by atoms with van der Waals surface area (Å²) in [4.78, 5) is 16.8. The van der Waals surface area contributed by atoms with Crippen molar-refractivity contribution in [1.82, 2.24) is 24.6 Å². The van der Waals surface area contributed by atoms with Crippen molar-refractivity contribution in [2.24, 2.45) is 0 Å². The number of amides is 1. The van der Waals surface area contributed by atoms with E-state index in [4.69, 9.17) is 14.3 Å². The fourth-order valence-electron chi connectivity index (χ4n) is 3.47. The molecule has 1 aliphatic rings. The van der Waals surface area contributed by atoms with Crippen LogP contribution in [0.1, 0.15) is 0 Å². The maximum Gasteiger partial charge on any atom is 0.233 e. The first kappa shape index (κ1) is 21.4. The van der Waals surface area contributed by atoms with Crippen LogP contribution in [0.15, 0.2) is 52.2 Å². The van der Waals surface area contributed by atoms with Gasteiger partial charge >= 0.3 is 0 Å². The summed E-state index contributed by atoms with van der Waals surface area (Å²) in [6, 6.07) is 11.2. The lowest BCUT2D eigenvalue weighted by Crippen LogP contribution is -2.49. The Hall–Kier alpha value is -2.82. The third-order valence-corrected chi connectivity index (χ3v) is 6.09. The predicted molar refractivity (Wildman–Crippen MR) is 116 cm³/mol. The SMILES string of the molecule is COc1ccc(-n2c(SCC(=O)N3CCN(CCO)CC3)nnc2-c2ccco2)cc1. The number of hydrogen-bond donors (Lipinski definition) is 1. The number of thioether (sulfide) groups is 1. The maximum absolute atomic E-state index is 12.7. The highest BCUT2D eigenvalue weighted by atomic mass is 32.2. The number of aromatic nitrogens is 3.